The molecule has 0 radical (unpaired) electrons. The van der Waals surface area contributed by atoms with Gasteiger partial charge in [-0.15, -0.1) is 22.7 Å². The van der Waals surface area contributed by atoms with E-state index in [-0.39, 0.29) is 4.88 Å². The van der Waals surface area contributed by atoms with Gasteiger partial charge < -0.3 is 10.2 Å². The van der Waals surface area contributed by atoms with E-state index in [1.165, 1.54) is 34.8 Å². The zero-order chi connectivity index (χ0) is 15.0. The molecule has 2 aromatic heterocycles. The van der Waals surface area contributed by atoms with Gasteiger partial charge in [-0.2, -0.15) is 0 Å². The van der Waals surface area contributed by atoms with E-state index in [4.69, 9.17) is 5.11 Å². The number of thiophene rings is 1. The molecule has 0 fully saturated rings. The second-order valence-corrected chi connectivity index (χ2v) is 6.28. The van der Waals surface area contributed by atoms with Crippen LogP contribution in [-0.2, 0) is 0 Å². The number of phenols is 1. The van der Waals surface area contributed by atoms with Crippen LogP contribution in [-0.4, -0.2) is 21.2 Å². The molecule has 106 valence electrons. The molecule has 21 heavy (non-hydrogen) atoms. The minimum absolute atomic E-state index is 0.260. The quantitative estimate of drug-likeness (QED) is 0.762. The second-order valence-electron chi connectivity index (χ2n) is 4.16. The first-order chi connectivity index (χ1) is 10.0. The number of aromatic hydroxyl groups is 1. The standard InChI is InChI=1S/C14H8FNO3S2/c15-8-5-7(1-2-9(8)17)13-16-6-12(21-13)10-3-4-11(20-10)14(18)19/h1-6,17H,(H,18,19). The van der Waals surface area contributed by atoms with Crippen molar-refractivity contribution in [3.05, 3.63) is 47.2 Å². The molecule has 0 saturated heterocycles. The molecule has 4 nitrogen and oxygen atoms in total. The summed E-state index contributed by atoms with van der Waals surface area (Å²) in [6.45, 7) is 0. The number of hydrogen-bond acceptors (Lipinski definition) is 5. The van der Waals surface area contributed by atoms with Gasteiger partial charge in [0.15, 0.2) is 11.6 Å². The molecule has 1 aromatic carbocycles. The van der Waals surface area contributed by atoms with Crippen LogP contribution in [0.15, 0.2) is 36.5 Å². The van der Waals surface area contributed by atoms with E-state index in [0.717, 1.165) is 9.75 Å². The molecule has 0 atom stereocenters. The number of thiazole rings is 1. The summed E-state index contributed by atoms with van der Waals surface area (Å²) in [6, 6.07) is 7.34. The molecule has 2 heterocycles. The Bertz CT molecular complexity index is 825. The van der Waals surface area contributed by atoms with Crippen LogP contribution in [0, 0.1) is 5.82 Å². The van der Waals surface area contributed by atoms with Gasteiger partial charge in [-0.1, -0.05) is 0 Å². The molecule has 3 aromatic rings. The monoisotopic (exact) mass is 321 g/mol. The molecule has 0 aliphatic carbocycles. The Hall–Kier alpha value is -2.25. The Kier molecular flexibility index (Phi) is 3.44. The predicted octanol–water partition coefficient (Wildman–Crippen LogP) is 4.08. The molecule has 2 N–H and O–H groups in total. The molecule has 0 unspecified atom stereocenters. The highest BCUT2D eigenvalue weighted by Gasteiger charge is 2.12. The Morgan fingerprint density at radius 2 is 1.95 bits per heavy atom. The van der Waals surface area contributed by atoms with Gasteiger partial charge in [0.2, 0.25) is 0 Å². The van der Waals surface area contributed by atoms with Crippen molar-refractivity contribution in [1.82, 2.24) is 4.98 Å². The van der Waals surface area contributed by atoms with E-state index >= 15 is 0 Å². The summed E-state index contributed by atoms with van der Waals surface area (Å²) in [5.41, 5.74) is 0.566. The average molecular weight is 321 g/mol. The van der Waals surface area contributed by atoms with Crippen molar-refractivity contribution < 1.29 is 19.4 Å². The minimum Gasteiger partial charge on any atom is -0.505 e. The van der Waals surface area contributed by atoms with Gasteiger partial charge in [0.05, 0.1) is 4.88 Å². The highest BCUT2D eigenvalue weighted by atomic mass is 32.1. The highest BCUT2D eigenvalue weighted by Crippen LogP contribution is 2.36. The number of carbonyl (C=O) groups is 1. The van der Waals surface area contributed by atoms with E-state index in [1.807, 2.05) is 0 Å². The van der Waals surface area contributed by atoms with Crippen molar-refractivity contribution in [2.24, 2.45) is 0 Å². The summed E-state index contributed by atoms with van der Waals surface area (Å²) in [5, 5.41) is 18.7. The summed E-state index contributed by atoms with van der Waals surface area (Å²) in [7, 11) is 0. The lowest BCUT2D eigenvalue weighted by atomic mass is 10.2. The van der Waals surface area contributed by atoms with Crippen LogP contribution < -0.4 is 0 Å². The van der Waals surface area contributed by atoms with E-state index < -0.39 is 17.5 Å². The van der Waals surface area contributed by atoms with Crippen molar-refractivity contribution in [3.63, 3.8) is 0 Å². The maximum Gasteiger partial charge on any atom is 0.345 e. The summed E-state index contributed by atoms with van der Waals surface area (Å²) in [5.74, 6) is -2.06. The molecule has 0 amide bonds. The largest absolute Gasteiger partial charge is 0.505 e. The number of hydrogen-bond donors (Lipinski definition) is 2. The Morgan fingerprint density at radius 3 is 2.62 bits per heavy atom. The summed E-state index contributed by atoms with van der Waals surface area (Å²) in [6.07, 6.45) is 1.63. The molecule has 0 bridgehead atoms. The zero-order valence-electron chi connectivity index (χ0n) is 10.4. The van der Waals surface area contributed by atoms with Crippen molar-refractivity contribution in [1.29, 1.82) is 0 Å². The molecular formula is C14H8FNO3S2. The number of benzene rings is 1. The first-order valence-electron chi connectivity index (χ1n) is 5.83. The number of carboxylic acids is 1. The third-order valence-electron chi connectivity index (χ3n) is 2.76. The normalized spacial score (nSPS) is 10.7. The van der Waals surface area contributed by atoms with E-state index in [1.54, 1.807) is 24.4 Å². The third-order valence-corrected chi connectivity index (χ3v) is 5.08. The minimum atomic E-state index is -0.961. The van der Waals surface area contributed by atoms with Crippen LogP contribution in [0.25, 0.3) is 20.3 Å². The molecule has 7 heteroatoms. The van der Waals surface area contributed by atoms with Gasteiger partial charge in [-0.25, -0.2) is 14.2 Å². The number of aromatic nitrogens is 1. The van der Waals surface area contributed by atoms with Crippen LogP contribution in [0.5, 0.6) is 5.75 Å². The predicted molar refractivity (Wildman–Crippen MR) is 79.4 cm³/mol. The Balaban J connectivity index is 1.95. The van der Waals surface area contributed by atoms with Crippen molar-refractivity contribution in [3.8, 4) is 26.1 Å². The van der Waals surface area contributed by atoms with Crippen LogP contribution in [0.3, 0.4) is 0 Å². The lowest BCUT2D eigenvalue weighted by molar-refractivity contribution is 0.0702. The number of halogens is 1. The fraction of sp³-hybridized carbons (Fsp3) is 0. The van der Waals surface area contributed by atoms with Crippen molar-refractivity contribution in [2.75, 3.05) is 0 Å². The molecule has 0 saturated carbocycles. The lowest BCUT2D eigenvalue weighted by Gasteiger charge is -1.98. The lowest BCUT2D eigenvalue weighted by Crippen LogP contribution is -1.89. The van der Waals surface area contributed by atoms with Crippen LogP contribution in [0.4, 0.5) is 4.39 Å². The molecule has 0 aliphatic rings. The van der Waals surface area contributed by atoms with Gasteiger partial charge in [-0.3, -0.25) is 0 Å². The molecule has 3 rings (SSSR count). The van der Waals surface area contributed by atoms with Crippen molar-refractivity contribution >= 4 is 28.6 Å². The third kappa shape index (κ3) is 2.65. The van der Waals surface area contributed by atoms with E-state index in [9.17, 15) is 14.3 Å². The fourth-order valence-electron chi connectivity index (χ4n) is 1.75. The SMILES string of the molecule is O=C(O)c1ccc(-c2cnc(-c3ccc(O)c(F)c3)s2)s1. The highest BCUT2D eigenvalue weighted by molar-refractivity contribution is 7.24. The molecule has 0 spiro atoms. The summed E-state index contributed by atoms with van der Waals surface area (Å²) >= 11 is 2.50. The van der Waals surface area contributed by atoms with E-state index in [2.05, 4.69) is 4.98 Å². The maximum atomic E-state index is 13.4. The van der Waals surface area contributed by atoms with E-state index in [0.29, 0.717) is 10.6 Å². The van der Waals surface area contributed by atoms with Crippen LogP contribution in [0.2, 0.25) is 0 Å². The average Bonchev–Trinajstić information content (AvgIpc) is 3.09. The van der Waals surface area contributed by atoms with Crippen LogP contribution >= 0.6 is 22.7 Å². The number of aromatic carboxylic acids is 1. The first kappa shape index (κ1) is 13.7. The fourth-order valence-corrected chi connectivity index (χ4v) is 3.58. The smallest absolute Gasteiger partial charge is 0.345 e. The number of carboxylic acid groups (broad SMARTS) is 1. The summed E-state index contributed by atoms with van der Waals surface area (Å²) in [4.78, 5) is 17.0. The van der Waals surface area contributed by atoms with Gasteiger partial charge in [-0.05, 0) is 30.3 Å². The second kappa shape index (κ2) is 5.27. The number of rotatable bonds is 3. The Labute approximate surface area is 126 Å². The molecule has 0 aliphatic heterocycles. The number of nitrogens with zero attached hydrogens (tertiary/aromatic N) is 1. The van der Waals surface area contributed by atoms with Gasteiger partial charge in [0, 0.05) is 16.6 Å². The van der Waals surface area contributed by atoms with Gasteiger partial charge in [0.25, 0.3) is 0 Å². The maximum absolute atomic E-state index is 13.4. The molecular weight excluding hydrogens is 313 g/mol. The number of phenolic OH excluding ortho intramolecular Hbond substituents is 1. The topological polar surface area (TPSA) is 70.4 Å². The van der Waals surface area contributed by atoms with Crippen LogP contribution in [0.1, 0.15) is 9.67 Å². The van der Waals surface area contributed by atoms with Gasteiger partial charge in [0.1, 0.15) is 9.88 Å². The Morgan fingerprint density at radius 1 is 1.14 bits per heavy atom. The zero-order valence-corrected chi connectivity index (χ0v) is 12.0. The van der Waals surface area contributed by atoms with Crippen molar-refractivity contribution in [2.45, 2.75) is 0 Å². The first-order valence-corrected chi connectivity index (χ1v) is 7.46. The van der Waals surface area contributed by atoms with Gasteiger partial charge >= 0.3 is 5.97 Å². The summed E-state index contributed by atoms with van der Waals surface area (Å²) < 4.78 is 13.4.